The van der Waals surface area contributed by atoms with Crippen molar-refractivity contribution in [2.24, 2.45) is 5.92 Å². The zero-order chi connectivity index (χ0) is 21.0. The molecule has 6 heteroatoms. The number of ether oxygens (including phenoxy) is 2. The Hall–Kier alpha value is -3.15. The van der Waals surface area contributed by atoms with Crippen LogP contribution in [0.3, 0.4) is 0 Å². The molecule has 3 rings (SSSR count). The number of likely N-dealkylation sites (tertiary alicyclic amines) is 1. The van der Waals surface area contributed by atoms with E-state index < -0.39 is 11.9 Å². The number of nitrogens with zero attached hydrogens (tertiary/aromatic N) is 1. The lowest BCUT2D eigenvalue weighted by atomic mass is 10.1. The molecule has 0 aromatic heterocycles. The molecule has 0 bridgehead atoms. The first-order valence-electron chi connectivity index (χ1n) is 9.59. The van der Waals surface area contributed by atoms with Crippen LogP contribution in [0.25, 0.3) is 0 Å². The van der Waals surface area contributed by atoms with Gasteiger partial charge in [0.1, 0.15) is 12.4 Å². The second-order valence-corrected chi connectivity index (χ2v) is 7.22. The van der Waals surface area contributed by atoms with E-state index in [9.17, 15) is 14.4 Å². The third-order valence-electron chi connectivity index (χ3n) is 5.30. The molecule has 0 saturated carbocycles. The van der Waals surface area contributed by atoms with Gasteiger partial charge >= 0.3 is 5.97 Å². The fraction of sp³-hybridized carbons (Fsp3) is 0.348. The van der Waals surface area contributed by atoms with Crippen LogP contribution in [0, 0.1) is 5.92 Å². The molecular formula is C23H25NO5. The average Bonchev–Trinajstić information content (AvgIpc) is 3.13. The summed E-state index contributed by atoms with van der Waals surface area (Å²) in [7, 11) is 1.52. The van der Waals surface area contributed by atoms with E-state index in [-0.39, 0.29) is 30.8 Å². The van der Waals surface area contributed by atoms with Gasteiger partial charge in [0.2, 0.25) is 5.91 Å². The molecule has 0 unspecified atom stereocenters. The Balaban J connectivity index is 1.64. The molecule has 1 aliphatic rings. The first-order chi connectivity index (χ1) is 13.9. The zero-order valence-corrected chi connectivity index (χ0v) is 16.9. The molecule has 2 aromatic carbocycles. The van der Waals surface area contributed by atoms with E-state index in [4.69, 9.17) is 9.47 Å². The standard InChI is InChI=1S/C23H25NO5/c1-15(17-7-5-4-6-8-17)24-13-19(12-22(24)26)23(27)29-14-20-11-18(16(2)25)9-10-21(20)28-3/h4-11,15,19H,12-14H2,1-3H3/t15-,19+/m1/s1. The van der Waals surface area contributed by atoms with Gasteiger partial charge < -0.3 is 14.4 Å². The number of benzene rings is 2. The molecule has 0 radical (unpaired) electrons. The van der Waals surface area contributed by atoms with Gasteiger partial charge in [0.15, 0.2) is 5.78 Å². The number of hydrogen-bond donors (Lipinski definition) is 0. The Morgan fingerprint density at radius 3 is 2.55 bits per heavy atom. The maximum absolute atomic E-state index is 12.6. The lowest BCUT2D eigenvalue weighted by molar-refractivity contribution is -0.149. The van der Waals surface area contributed by atoms with Crippen molar-refractivity contribution in [2.75, 3.05) is 13.7 Å². The molecule has 1 amide bonds. The van der Waals surface area contributed by atoms with E-state index >= 15 is 0 Å². The van der Waals surface area contributed by atoms with Crippen molar-refractivity contribution in [3.8, 4) is 5.75 Å². The number of carbonyl (C=O) groups is 3. The van der Waals surface area contributed by atoms with E-state index in [0.717, 1.165) is 5.56 Å². The van der Waals surface area contributed by atoms with Crippen molar-refractivity contribution < 1.29 is 23.9 Å². The summed E-state index contributed by atoms with van der Waals surface area (Å²) in [4.78, 5) is 38.4. The summed E-state index contributed by atoms with van der Waals surface area (Å²) >= 11 is 0. The molecule has 6 nitrogen and oxygen atoms in total. The smallest absolute Gasteiger partial charge is 0.311 e. The summed E-state index contributed by atoms with van der Waals surface area (Å²) in [5.41, 5.74) is 2.17. The SMILES string of the molecule is COc1ccc(C(C)=O)cc1COC(=O)[C@H]1CC(=O)N([C@H](C)c2ccccc2)C1. The lowest BCUT2D eigenvalue weighted by Crippen LogP contribution is -2.29. The van der Waals surface area contributed by atoms with Gasteiger partial charge in [-0.1, -0.05) is 30.3 Å². The quantitative estimate of drug-likeness (QED) is 0.530. The molecule has 0 N–H and O–H groups in total. The van der Waals surface area contributed by atoms with Gasteiger partial charge in [-0.15, -0.1) is 0 Å². The van der Waals surface area contributed by atoms with Crippen LogP contribution in [-0.2, 0) is 20.9 Å². The number of hydrogen-bond acceptors (Lipinski definition) is 5. The first kappa shape index (κ1) is 20.6. The molecule has 2 atom stereocenters. The molecule has 1 aliphatic heterocycles. The molecular weight excluding hydrogens is 370 g/mol. The third kappa shape index (κ3) is 4.65. The van der Waals surface area contributed by atoms with Crippen LogP contribution in [0.15, 0.2) is 48.5 Å². The molecule has 152 valence electrons. The van der Waals surface area contributed by atoms with Crippen molar-refractivity contribution in [1.82, 2.24) is 4.90 Å². The summed E-state index contributed by atoms with van der Waals surface area (Å²) in [6.45, 7) is 3.75. The second-order valence-electron chi connectivity index (χ2n) is 7.22. The Bertz CT molecular complexity index is 909. The average molecular weight is 395 g/mol. The number of carbonyl (C=O) groups excluding carboxylic acids is 3. The highest BCUT2D eigenvalue weighted by atomic mass is 16.5. The van der Waals surface area contributed by atoms with Gasteiger partial charge in [0.05, 0.1) is 19.1 Å². The summed E-state index contributed by atoms with van der Waals surface area (Å²) in [5.74, 6) is -0.511. The number of esters is 1. The van der Waals surface area contributed by atoms with Gasteiger partial charge in [-0.25, -0.2) is 0 Å². The Morgan fingerprint density at radius 2 is 1.90 bits per heavy atom. The van der Waals surface area contributed by atoms with Crippen LogP contribution >= 0.6 is 0 Å². The van der Waals surface area contributed by atoms with Crippen molar-refractivity contribution in [3.63, 3.8) is 0 Å². The summed E-state index contributed by atoms with van der Waals surface area (Å²) in [5, 5.41) is 0. The Labute approximate surface area is 170 Å². The maximum atomic E-state index is 12.6. The van der Waals surface area contributed by atoms with Crippen molar-refractivity contribution >= 4 is 17.7 Å². The van der Waals surface area contributed by atoms with Crippen LogP contribution in [0.1, 0.15) is 47.8 Å². The second kappa shape index (κ2) is 8.90. The van der Waals surface area contributed by atoms with Gasteiger partial charge in [-0.05, 0) is 37.6 Å². The monoisotopic (exact) mass is 395 g/mol. The Kier molecular flexibility index (Phi) is 6.32. The van der Waals surface area contributed by atoms with E-state index in [0.29, 0.717) is 23.4 Å². The number of Topliss-reactive ketones (excluding diaryl/α,β-unsaturated/α-hetero) is 1. The van der Waals surface area contributed by atoms with E-state index in [2.05, 4.69) is 0 Å². The molecule has 0 spiro atoms. The molecule has 1 fully saturated rings. The highest BCUT2D eigenvalue weighted by Crippen LogP contribution is 2.29. The number of rotatable bonds is 7. The Morgan fingerprint density at radius 1 is 1.17 bits per heavy atom. The molecule has 29 heavy (non-hydrogen) atoms. The predicted octanol–water partition coefficient (Wildman–Crippen LogP) is 3.55. The highest BCUT2D eigenvalue weighted by molar-refractivity contribution is 5.94. The minimum absolute atomic E-state index is 0.0118. The van der Waals surface area contributed by atoms with E-state index in [1.54, 1.807) is 23.1 Å². The number of amides is 1. The molecule has 1 saturated heterocycles. The topological polar surface area (TPSA) is 72.9 Å². The molecule has 2 aromatic rings. The third-order valence-corrected chi connectivity index (χ3v) is 5.30. The van der Waals surface area contributed by atoms with Crippen LogP contribution in [0.2, 0.25) is 0 Å². The summed E-state index contributed by atoms with van der Waals surface area (Å²) < 4.78 is 10.7. The van der Waals surface area contributed by atoms with Gasteiger partial charge in [0, 0.05) is 24.1 Å². The molecule has 0 aliphatic carbocycles. The fourth-order valence-corrected chi connectivity index (χ4v) is 3.55. The maximum Gasteiger partial charge on any atom is 0.311 e. The predicted molar refractivity (Wildman–Crippen MR) is 107 cm³/mol. The largest absolute Gasteiger partial charge is 0.496 e. The first-order valence-corrected chi connectivity index (χ1v) is 9.59. The van der Waals surface area contributed by atoms with Crippen LogP contribution in [0.5, 0.6) is 5.75 Å². The number of methoxy groups -OCH3 is 1. The summed E-state index contributed by atoms with van der Waals surface area (Å²) in [6.07, 6.45) is 0.140. The van der Waals surface area contributed by atoms with Crippen LogP contribution in [0.4, 0.5) is 0 Å². The summed E-state index contributed by atoms with van der Waals surface area (Å²) in [6, 6.07) is 14.6. The molecule has 1 heterocycles. The van der Waals surface area contributed by atoms with E-state index in [1.165, 1.54) is 14.0 Å². The minimum atomic E-state index is -0.504. The van der Waals surface area contributed by atoms with Crippen LogP contribution in [-0.4, -0.2) is 36.2 Å². The normalized spacial score (nSPS) is 17.1. The van der Waals surface area contributed by atoms with Crippen LogP contribution < -0.4 is 4.74 Å². The van der Waals surface area contributed by atoms with Crippen molar-refractivity contribution in [2.45, 2.75) is 32.9 Å². The van der Waals surface area contributed by atoms with Crippen molar-refractivity contribution in [1.29, 1.82) is 0 Å². The van der Waals surface area contributed by atoms with E-state index in [1.807, 2.05) is 37.3 Å². The lowest BCUT2D eigenvalue weighted by Gasteiger charge is -2.25. The van der Waals surface area contributed by atoms with Crippen molar-refractivity contribution in [3.05, 3.63) is 65.2 Å². The van der Waals surface area contributed by atoms with Gasteiger partial charge in [0.25, 0.3) is 0 Å². The number of ketones is 1. The van der Waals surface area contributed by atoms with Gasteiger partial charge in [-0.3, -0.25) is 14.4 Å². The van der Waals surface area contributed by atoms with Gasteiger partial charge in [-0.2, -0.15) is 0 Å². The fourth-order valence-electron chi connectivity index (χ4n) is 3.55. The minimum Gasteiger partial charge on any atom is -0.496 e. The highest BCUT2D eigenvalue weighted by Gasteiger charge is 2.38. The zero-order valence-electron chi connectivity index (χ0n) is 16.9.